The third kappa shape index (κ3) is 5.73. The van der Waals surface area contributed by atoms with Crippen molar-refractivity contribution in [3.8, 4) is 6.07 Å². The Hall–Kier alpha value is -1.37. The van der Waals surface area contributed by atoms with Gasteiger partial charge in [-0.3, -0.25) is 5.32 Å². The minimum absolute atomic E-state index is 0.00549. The fraction of sp³-hybridized carbons (Fsp3) is 0.588. The highest BCUT2D eigenvalue weighted by Crippen LogP contribution is 2.17. The van der Waals surface area contributed by atoms with Crippen LogP contribution in [0, 0.1) is 17.2 Å². The molecule has 0 saturated carbocycles. The molecule has 0 fully saturated rings. The number of nitrogens with zero attached hydrogens (tertiary/aromatic N) is 1. The lowest BCUT2D eigenvalue weighted by atomic mass is 9.96. The molecule has 0 aliphatic heterocycles. The van der Waals surface area contributed by atoms with Crippen molar-refractivity contribution < 1.29 is 5.11 Å². The molecule has 1 rings (SSSR count). The Labute approximate surface area is 122 Å². The smallest absolute Gasteiger partial charge is 0.0960 e. The van der Waals surface area contributed by atoms with Gasteiger partial charge in [-0.25, -0.2) is 0 Å². The number of rotatable bonds is 9. The van der Waals surface area contributed by atoms with Crippen LogP contribution in [0.25, 0.3) is 0 Å². The molecule has 0 spiro atoms. The van der Waals surface area contributed by atoms with Crippen LogP contribution in [0.15, 0.2) is 30.3 Å². The van der Waals surface area contributed by atoms with Gasteiger partial charge in [0.1, 0.15) is 0 Å². The molecule has 1 aromatic rings. The summed E-state index contributed by atoms with van der Waals surface area (Å²) in [5.41, 5.74) is 1.02. The summed E-state index contributed by atoms with van der Waals surface area (Å²) in [7, 11) is 0. The molecule has 3 atom stereocenters. The maximum atomic E-state index is 9.53. The Balaban J connectivity index is 2.56. The molecular formula is C17H26N2O. The van der Waals surface area contributed by atoms with E-state index < -0.39 is 0 Å². The minimum Gasteiger partial charge on any atom is -0.394 e. The summed E-state index contributed by atoms with van der Waals surface area (Å²) in [5, 5.41) is 22.1. The van der Waals surface area contributed by atoms with E-state index in [1.807, 2.05) is 30.3 Å². The highest BCUT2D eigenvalue weighted by Gasteiger charge is 2.18. The molecule has 3 heteroatoms. The van der Waals surface area contributed by atoms with Gasteiger partial charge in [-0.15, -0.1) is 0 Å². The lowest BCUT2D eigenvalue weighted by Gasteiger charge is -2.22. The van der Waals surface area contributed by atoms with Crippen molar-refractivity contribution in [3.05, 3.63) is 35.9 Å². The first kappa shape index (κ1) is 16.7. The molecular weight excluding hydrogens is 248 g/mol. The molecule has 0 heterocycles. The van der Waals surface area contributed by atoms with E-state index >= 15 is 0 Å². The molecule has 0 aliphatic rings. The fourth-order valence-electron chi connectivity index (χ4n) is 2.41. The lowest BCUT2D eigenvalue weighted by Crippen LogP contribution is -2.35. The number of unbranched alkanes of at least 4 members (excludes halogenated alkanes) is 1. The van der Waals surface area contributed by atoms with Gasteiger partial charge < -0.3 is 5.11 Å². The predicted molar refractivity (Wildman–Crippen MR) is 82.1 cm³/mol. The van der Waals surface area contributed by atoms with Crippen LogP contribution in [0.3, 0.4) is 0 Å². The van der Waals surface area contributed by atoms with E-state index in [4.69, 9.17) is 0 Å². The zero-order valence-corrected chi connectivity index (χ0v) is 12.5. The second-order valence-electron chi connectivity index (χ2n) is 5.48. The van der Waals surface area contributed by atoms with Gasteiger partial charge in [-0.05, 0) is 17.9 Å². The third-order valence-electron chi connectivity index (χ3n) is 3.63. The van der Waals surface area contributed by atoms with Crippen molar-refractivity contribution in [2.24, 2.45) is 5.92 Å². The van der Waals surface area contributed by atoms with Crippen LogP contribution in [-0.4, -0.2) is 17.8 Å². The summed E-state index contributed by atoms with van der Waals surface area (Å²) in [6, 6.07) is 11.7. The average molecular weight is 274 g/mol. The van der Waals surface area contributed by atoms with Crippen LogP contribution in [0.2, 0.25) is 0 Å². The minimum atomic E-state index is -0.209. The molecule has 0 aliphatic carbocycles. The molecule has 0 radical (unpaired) electrons. The summed E-state index contributed by atoms with van der Waals surface area (Å²) in [6.07, 6.45) is 4.39. The zero-order valence-electron chi connectivity index (χ0n) is 12.5. The monoisotopic (exact) mass is 274 g/mol. The van der Waals surface area contributed by atoms with E-state index in [9.17, 15) is 10.4 Å². The second kappa shape index (κ2) is 9.52. The SMILES string of the molecule is CCCC[C@@H](C)C[C@@H](C#N)N[C@@H](CO)c1ccccc1. The molecule has 0 bridgehead atoms. The topological polar surface area (TPSA) is 56.0 Å². The Morgan fingerprint density at radius 2 is 2.00 bits per heavy atom. The molecule has 0 unspecified atom stereocenters. The maximum absolute atomic E-state index is 9.53. The van der Waals surface area contributed by atoms with E-state index in [0.717, 1.165) is 18.4 Å². The summed E-state index contributed by atoms with van der Waals surface area (Å²) in [5.74, 6) is 0.530. The number of aliphatic hydroxyl groups excluding tert-OH is 1. The Kier molecular flexibility index (Phi) is 7.94. The molecule has 0 amide bonds. The number of hydrogen-bond acceptors (Lipinski definition) is 3. The zero-order chi connectivity index (χ0) is 14.8. The number of nitriles is 1. The van der Waals surface area contributed by atoms with Crippen LogP contribution < -0.4 is 5.32 Å². The first-order valence-corrected chi connectivity index (χ1v) is 7.52. The van der Waals surface area contributed by atoms with E-state index in [1.54, 1.807) is 0 Å². The summed E-state index contributed by atoms with van der Waals surface area (Å²) in [4.78, 5) is 0. The van der Waals surface area contributed by atoms with E-state index in [2.05, 4.69) is 25.2 Å². The summed E-state index contributed by atoms with van der Waals surface area (Å²) < 4.78 is 0. The van der Waals surface area contributed by atoms with Crippen molar-refractivity contribution in [2.75, 3.05) is 6.61 Å². The van der Waals surface area contributed by atoms with Crippen molar-refractivity contribution in [1.82, 2.24) is 5.32 Å². The van der Waals surface area contributed by atoms with Crippen LogP contribution in [0.1, 0.15) is 51.1 Å². The van der Waals surface area contributed by atoms with Crippen LogP contribution >= 0.6 is 0 Å². The quantitative estimate of drug-likeness (QED) is 0.725. The standard InChI is InChI=1S/C17H26N2O/c1-3-4-8-14(2)11-16(12-18)19-17(13-20)15-9-6-5-7-10-15/h5-7,9-10,14,16-17,19-20H,3-4,8,11,13H2,1-2H3/t14-,16+,17+/m1/s1. The third-order valence-corrected chi connectivity index (χ3v) is 3.63. The van der Waals surface area contributed by atoms with Gasteiger partial charge in [0, 0.05) is 0 Å². The Bertz CT molecular complexity index is 399. The summed E-state index contributed by atoms with van der Waals surface area (Å²) in [6.45, 7) is 4.38. The largest absolute Gasteiger partial charge is 0.394 e. The summed E-state index contributed by atoms with van der Waals surface area (Å²) >= 11 is 0. The molecule has 110 valence electrons. The van der Waals surface area contributed by atoms with Crippen LogP contribution in [-0.2, 0) is 0 Å². The highest BCUT2D eigenvalue weighted by atomic mass is 16.3. The van der Waals surface area contributed by atoms with Gasteiger partial charge in [0.05, 0.1) is 24.8 Å². The normalized spacial score (nSPS) is 15.3. The molecule has 0 saturated heterocycles. The maximum Gasteiger partial charge on any atom is 0.0960 e. The lowest BCUT2D eigenvalue weighted by molar-refractivity contribution is 0.233. The van der Waals surface area contributed by atoms with Crippen molar-refractivity contribution in [1.29, 1.82) is 5.26 Å². The Morgan fingerprint density at radius 3 is 2.55 bits per heavy atom. The Morgan fingerprint density at radius 1 is 1.30 bits per heavy atom. The fourth-order valence-corrected chi connectivity index (χ4v) is 2.41. The van der Waals surface area contributed by atoms with Crippen molar-refractivity contribution in [3.63, 3.8) is 0 Å². The highest BCUT2D eigenvalue weighted by molar-refractivity contribution is 5.19. The first-order valence-electron chi connectivity index (χ1n) is 7.52. The van der Waals surface area contributed by atoms with Gasteiger partial charge in [0.25, 0.3) is 0 Å². The van der Waals surface area contributed by atoms with E-state index in [-0.39, 0.29) is 18.7 Å². The molecule has 2 N–H and O–H groups in total. The predicted octanol–water partition coefficient (Wildman–Crippen LogP) is 3.42. The van der Waals surface area contributed by atoms with Gasteiger partial charge >= 0.3 is 0 Å². The van der Waals surface area contributed by atoms with E-state index in [1.165, 1.54) is 12.8 Å². The van der Waals surface area contributed by atoms with Gasteiger partial charge in [0.2, 0.25) is 0 Å². The van der Waals surface area contributed by atoms with E-state index in [0.29, 0.717) is 5.92 Å². The molecule has 1 aromatic carbocycles. The molecule has 3 nitrogen and oxygen atoms in total. The number of nitrogens with one attached hydrogen (secondary N) is 1. The first-order chi connectivity index (χ1) is 9.71. The van der Waals surface area contributed by atoms with Gasteiger partial charge in [0.15, 0.2) is 0 Å². The second-order valence-corrected chi connectivity index (χ2v) is 5.48. The van der Waals surface area contributed by atoms with Crippen molar-refractivity contribution in [2.45, 2.75) is 51.6 Å². The average Bonchev–Trinajstić information content (AvgIpc) is 2.50. The number of benzene rings is 1. The van der Waals surface area contributed by atoms with Gasteiger partial charge in [-0.2, -0.15) is 5.26 Å². The van der Waals surface area contributed by atoms with Gasteiger partial charge in [-0.1, -0.05) is 63.4 Å². The van der Waals surface area contributed by atoms with Crippen LogP contribution in [0.5, 0.6) is 0 Å². The number of hydrogen-bond donors (Lipinski definition) is 2. The van der Waals surface area contributed by atoms with Crippen LogP contribution in [0.4, 0.5) is 0 Å². The van der Waals surface area contributed by atoms with Crippen molar-refractivity contribution >= 4 is 0 Å². The molecule has 0 aromatic heterocycles. The number of aliphatic hydroxyl groups is 1. The molecule has 20 heavy (non-hydrogen) atoms.